The number of rotatable bonds is 4. The Labute approximate surface area is 152 Å². The van der Waals surface area contributed by atoms with Crippen LogP contribution in [0, 0.1) is 11.3 Å². The molecule has 1 fully saturated rings. The zero-order valence-corrected chi connectivity index (χ0v) is 14.9. The fraction of sp³-hybridized carbons (Fsp3) is 0.222. The molecule has 0 saturated carbocycles. The molecule has 1 aliphatic heterocycles. The standard InChI is InChI=1S/C18H17N3O4S/c1-25-16-8-4-3-7-15(16)21-11-10-20(13-18(21)22)26(23,24)17-9-5-2-6-14(17)12-19/h2-9H,10-11,13H2,1H3. The number of methoxy groups -OCH3 is 1. The Kier molecular flexibility index (Phi) is 4.93. The predicted molar refractivity (Wildman–Crippen MR) is 95.3 cm³/mol. The van der Waals surface area contributed by atoms with Gasteiger partial charge in [-0.25, -0.2) is 8.42 Å². The largest absolute Gasteiger partial charge is 0.495 e. The average Bonchev–Trinajstić information content (AvgIpc) is 2.67. The summed E-state index contributed by atoms with van der Waals surface area (Å²) in [5, 5.41) is 9.16. The smallest absolute Gasteiger partial charge is 0.244 e. The highest BCUT2D eigenvalue weighted by Crippen LogP contribution is 2.30. The molecule has 0 aromatic heterocycles. The number of hydrogen-bond donors (Lipinski definition) is 0. The first-order valence-electron chi connectivity index (χ1n) is 7.91. The van der Waals surface area contributed by atoms with Crippen molar-refractivity contribution >= 4 is 21.6 Å². The Morgan fingerprint density at radius 1 is 1.08 bits per heavy atom. The molecule has 0 aliphatic carbocycles. The molecule has 1 amide bonds. The van der Waals surface area contributed by atoms with E-state index in [2.05, 4.69) is 0 Å². The number of piperazine rings is 1. The molecular formula is C18H17N3O4S. The van der Waals surface area contributed by atoms with Gasteiger partial charge in [0, 0.05) is 13.1 Å². The van der Waals surface area contributed by atoms with Crippen LogP contribution in [0.1, 0.15) is 5.56 Å². The number of carbonyl (C=O) groups is 1. The predicted octanol–water partition coefficient (Wildman–Crippen LogP) is 1.60. The highest BCUT2D eigenvalue weighted by Gasteiger charge is 2.35. The minimum absolute atomic E-state index is 0.0621. The van der Waals surface area contributed by atoms with E-state index in [1.165, 1.54) is 24.1 Å². The van der Waals surface area contributed by atoms with Gasteiger partial charge in [-0.05, 0) is 24.3 Å². The topological polar surface area (TPSA) is 90.7 Å². The summed E-state index contributed by atoms with van der Waals surface area (Å²) in [5.74, 6) is 0.200. The van der Waals surface area contributed by atoms with Crippen LogP contribution in [0.15, 0.2) is 53.4 Å². The third-order valence-electron chi connectivity index (χ3n) is 4.19. The van der Waals surface area contributed by atoms with E-state index in [4.69, 9.17) is 10.00 Å². The van der Waals surface area contributed by atoms with Crippen molar-refractivity contribution in [3.8, 4) is 11.8 Å². The molecular weight excluding hydrogens is 354 g/mol. The zero-order valence-electron chi connectivity index (χ0n) is 14.1. The van der Waals surface area contributed by atoms with E-state index in [1.54, 1.807) is 36.4 Å². The quantitative estimate of drug-likeness (QED) is 0.814. The molecule has 2 aromatic rings. The van der Waals surface area contributed by atoms with Gasteiger partial charge in [-0.3, -0.25) is 4.79 Å². The fourth-order valence-corrected chi connectivity index (χ4v) is 4.41. The molecule has 0 atom stereocenters. The first-order valence-corrected chi connectivity index (χ1v) is 9.35. The summed E-state index contributed by atoms with van der Waals surface area (Å²) in [5.41, 5.74) is 0.668. The number of benzene rings is 2. The van der Waals surface area contributed by atoms with Crippen molar-refractivity contribution in [2.75, 3.05) is 31.6 Å². The highest BCUT2D eigenvalue weighted by molar-refractivity contribution is 7.89. The maximum atomic E-state index is 12.9. The van der Waals surface area contributed by atoms with Crippen LogP contribution < -0.4 is 9.64 Å². The van der Waals surface area contributed by atoms with Crippen LogP contribution >= 0.6 is 0 Å². The van der Waals surface area contributed by atoms with E-state index < -0.39 is 10.0 Å². The molecule has 0 N–H and O–H groups in total. The number of sulfonamides is 1. The normalized spacial score (nSPS) is 15.5. The molecule has 134 valence electrons. The van der Waals surface area contributed by atoms with E-state index in [0.717, 1.165) is 4.31 Å². The first-order chi connectivity index (χ1) is 12.5. The van der Waals surface area contributed by atoms with E-state index >= 15 is 0 Å². The minimum atomic E-state index is -3.93. The number of amides is 1. The Morgan fingerprint density at radius 3 is 2.46 bits per heavy atom. The van der Waals surface area contributed by atoms with Crippen LogP contribution in [0.25, 0.3) is 0 Å². The molecule has 26 heavy (non-hydrogen) atoms. The number of anilines is 1. The molecule has 7 nitrogen and oxygen atoms in total. The van der Waals surface area contributed by atoms with E-state index in [-0.39, 0.29) is 36.0 Å². The molecule has 8 heteroatoms. The number of ether oxygens (including phenoxy) is 1. The average molecular weight is 371 g/mol. The molecule has 0 spiro atoms. The van der Waals surface area contributed by atoms with Gasteiger partial charge in [0.15, 0.2) is 0 Å². The van der Waals surface area contributed by atoms with Crippen molar-refractivity contribution in [1.82, 2.24) is 4.31 Å². The molecule has 2 aromatic carbocycles. The third kappa shape index (κ3) is 3.14. The lowest BCUT2D eigenvalue weighted by Crippen LogP contribution is -2.52. The lowest BCUT2D eigenvalue weighted by Gasteiger charge is -2.34. The van der Waals surface area contributed by atoms with Crippen molar-refractivity contribution in [1.29, 1.82) is 5.26 Å². The third-order valence-corrected chi connectivity index (χ3v) is 6.09. The van der Waals surface area contributed by atoms with Gasteiger partial charge < -0.3 is 9.64 Å². The second kappa shape index (κ2) is 7.15. The molecule has 1 aliphatic rings. The fourth-order valence-electron chi connectivity index (χ4n) is 2.89. The molecule has 1 saturated heterocycles. The Morgan fingerprint density at radius 2 is 1.77 bits per heavy atom. The van der Waals surface area contributed by atoms with Crippen LogP contribution in [0.2, 0.25) is 0 Å². The van der Waals surface area contributed by atoms with E-state index in [0.29, 0.717) is 11.4 Å². The molecule has 0 radical (unpaired) electrons. The van der Waals surface area contributed by atoms with Gasteiger partial charge in [-0.1, -0.05) is 24.3 Å². The number of nitriles is 1. The van der Waals surface area contributed by atoms with Gasteiger partial charge in [0.25, 0.3) is 0 Å². The Bertz CT molecular complexity index is 982. The van der Waals surface area contributed by atoms with Crippen LogP contribution in [0.5, 0.6) is 5.75 Å². The highest BCUT2D eigenvalue weighted by atomic mass is 32.2. The van der Waals surface area contributed by atoms with Crippen molar-refractivity contribution in [2.45, 2.75) is 4.90 Å². The lowest BCUT2D eigenvalue weighted by atomic mass is 10.2. The maximum Gasteiger partial charge on any atom is 0.244 e. The molecule has 0 bridgehead atoms. The summed E-state index contributed by atoms with van der Waals surface area (Å²) >= 11 is 0. The van der Waals surface area contributed by atoms with E-state index in [9.17, 15) is 13.2 Å². The van der Waals surface area contributed by atoms with Crippen LogP contribution in [0.4, 0.5) is 5.69 Å². The Hall–Kier alpha value is -2.89. The summed E-state index contributed by atoms with van der Waals surface area (Å²) in [6.07, 6.45) is 0. The van der Waals surface area contributed by atoms with Crippen LogP contribution in [-0.2, 0) is 14.8 Å². The van der Waals surface area contributed by atoms with Crippen molar-refractivity contribution in [3.05, 3.63) is 54.1 Å². The second-order valence-corrected chi connectivity index (χ2v) is 7.57. The van der Waals surface area contributed by atoms with Gasteiger partial charge in [0.05, 0.1) is 29.8 Å². The number of carbonyl (C=O) groups excluding carboxylic acids is 1. The summed E-state index contributed by atoms with van der Waals surface area (Å²) in [6.45, 7) is 0.0409. The molecule has 1 heterocycles. The molecule has 0 unspecified atom stereocenters. The maximum absolute atomic E-state index is 12.9. The summed E-state index contributed by atoms with van der Waals surface area (Å²) in [4.78, 5) is 14.0. The van der Waals surface area contributed by atoms with Crippen molar-refractivity contribution in [3.63, 3.8) is 0 Å². The van der Waals surface area contributed by atoms with Gasteiger partial charge in [-0.2, -0.15) is 9.57 Å². The minimum Gasteiger partial charge on any atom is -0.495 e. The van der Waals surface area contributed by atoms with Gasteiger partial charge in [0.2, 0.25) is 15.9 Å². The SMILES string of the molecule is COc1ccccc1N1CCN(S(=O)(=O)c2ccccc2C#N)CC1=O. The van der Waals surface area contributed by atoms with Gasteiger partial charge in [-0.15, -0.1) is 0 Å². The number of nitrogens with zero attached hydrogens (tertiary/aromatic N) is 3. The number of hydrogen-bond acceptors (Lipinski definition) is 5. The van der Waals surface area contributed by atoms with E-state index in [1.807, 2.05) is 6.07 Å². The van der Waals surface area contributed by atoms with Crippen molar-refractivity contribution < 1.29 is 17.9 Å². The van der Waals surface area contributed by atoms with Crippen LogP contribution in [-0.4, -0.2) is 45.4 Å². The van der Waals surface area contributed by atoms with Crippen LogP contribution in [0.3, 0.4) is 0 Å². The molecule has 3 rings (SSSR count). The van der Waals surface area contributed by atoms with Gasteiger partial charge in [0.1, 0.15) is 11.8 Å². The second-order valence-electron chi connectivity index (χ2n) is 5.66. The summed E-state index contributed by atoms with van der Waals surface area (Å²) < 4.78 is 32.1. The summed E-state index contributed by atoms with van der Waals surface area (Å²) in [7, 11) is -2.41. The summed E-state index contributed by atoms with van der Waals surface area (Å²) in [6, 6.07) is 15.0. The van der Waals surface area contributed by atoms with Crippen molar-refractivity contribution in [2.24, 2.45) is 0 Å². The number of para-hydroxylation sites is 2. The zero-order chi connectivity index (χ0) is 18.7. The van der Waals surface area contributed by atoms with Gasteiger partial charge >= 0.3 is 0 Å². The lowest BCUT2D eigenvalue weighted by molar-refractivity contribution is -0.120. The Balaban J connectivity index is 1.87. The monoisotopic (exact) mass is 371 g/mol. The first kappa shape index (κ1) is 17.9.